The lowest BCUT2D eigenvalue weighted by atomic mass is 9.96. The Kier molecular flexibility index (Phi) is 7.88. The van der Waals surface area contributed by atoms with Crippen molar-refractivity contribution in [1.82, 2.24) is 5.32 Å². The summed E-state index contributed by atoms with van der Waals surface area (Å²) in [5.41, 5.74) is 0. The minimum absolute atomic E-state index is 0.251. The summed E-state index contributed by atoms with van der Waals surface area (Å²) in [7, 11) is 0. The van der Waals surface area contributed by atoms with E-state index in [1.54, 1.807) is 0 Å². The third kappa shape index (κ3) is 6.53. The highest BCUT2D eigenvalue weighted by Crippen LogP contribution is 2.17. The molecule has 1 saturated heterocycles. The smallest absolute Gasteiger partial charge is 0.0897 e. The molecule has 1 aliphatic carbocycles. The van der Waals surface area contributed by atoms with Crippen molar-refractivity contribution in [3.05, 3.63) is 0 Å². The molecule has 2 atom stereocenters. The zero-order chi connectivity index (χ0) is 14.0. The Hall–Kier alpha value is -0.160. The first-order valence-electron chi connectivity index (χ1n) is 8.45. The molecule has 0 aromatic rings. The minimum Gasteiger partial charge on any atom is -0.389 e. The minimum atomic E-state index is -0.401. The number of hydrogen-bond donors (Lipinski definition) is 2. The van der Waals surface area contributed by atoms with E-state index < -0.39 is 6.10 Å². The summed E-state index contributed by atoms with van der Waals surface area (Å²) >= 11 is 0. The predicted octanol–water partition coefficient (Wildman–Crippen LogP) is 2.25. The molecule has 0 aromatic carbocycles. The number of aliphatic hydroxyl groups excluding tert-OH is 1. The maximum atomic E-state index is 9.95. The van der Waals surface area contributed by atoms with Crippen LogP contribution in [0.3, 0.4) is 0 Å². The molecular formula is C16H31NO3. The van der Waals surface area contributed by atoms with Gasteiger partial charge in [-0.05, 0) is 25.7 Å². The molecule has 0 radical (unpaired) electrons. The van der Waals surface area contributed by atoms with Crippen LogP contribution < -0.4 is 5.32 Å². The number of ether oxygens (including phenoxy) is 2. The molecule has 4 heteroatoms. The van der Waals surface area contributed by atoms with Crippen LogP contribution in [0.5, 0.6) is 0 Å². The molecular weight excluding hydrogens is 254 g/mol. The highest BCUT2D eigenvalue weighted by atomic mass is 16.5. The molecule has 2 N–H and O–H groups in total. The van der Waals surface area contributed by atoms with Gasteiger partial charge in [0.05, 0.1) is 25.4 Å². The molecule has 4 nitrogen and oxygen atoms in total. The number of aliphatic hydroxyl groups is 1. The van der Waals surface area contributed by atoms with Crippen LogP contribution in [-0.2, 0) is 9.47 Å². The van der Waals surface area contributed by atoms with Crippen LogP contribution in [0, 0.1) is 0 Å². The van der Waals surface area contributed by atoms with E-state index in [2.05, 4.69) is 5.32 Å². The standard InChI is InChI=1S/C16H31NO3/c18-15(12-19-13-16-9-6-10-20-16)11-17-14-7-4-2-1-3-5-8-14/h14-18H,1-13H2. The van der Waals surface area contributed by atoms with E-state index >= 15 is 0 Å². The van der Waals surface area contributed by atoms with Gasteiger partial charge in [0, 0.05) is 19.2 Å². The van der Waals surface area contributed by atoms with Gasteiger partial charge in [-0.1, -0.05) is 32.1 Å². The molecule has 1 aliphatic heterocycles. The predicted molar refractivity (Wildman–Crippen MR) is 79.9 cm³/mol. The van der Waals surface area contributed by atoms with Crippen molar-refractivity contribution >= 4 is 0 Å². The Balaban J connectivity index is 1.50. The maximum Gasteiger partial charge on any atom is 0.0897 e. The van der Waals surface area contributed by atoms with E-state index in [1.165, 1.54) is 44.9 Å². The number of hydrogen-bond acceptors (Lipinski definition) is 4. The molecule has 2 rings (SSSR count). The second-order valence-corrected chi connectivity index (χ2v) is 6.28. The molecule has 2 fully saturated rings. The molecule has 1 saturated carbocycles. The van der Waals surface area contributed by atoms with Crippen LogP contribution in [0.15, 0.2) is 0 Å². The monoisotopic (exact) mass is 285 g/mol. The van der Waals surface area contributed by atoms with Gasteiger partial charge >= 0.3 is 0 Å². The Labute approximate surface area is 123 Å². The van der Waals surface area contributed by atoms with E-state index in [-0.39, 0.29) is 6.10 Å². The fourth-order valence-corrected chi connectivity index (χ4v) is 3.13. The summed E-state index contributed by atoms with van der Waals surface area (Å²) in [5, 5.41) is 13.5. The second-order valence-electron chi connectivity index (χ2n) is 6.28. The van der Waals surface area contributed by atoms with Crippen LogP contribution in [0.4, 0.5) is 0 Å². The fourth-order valence-electron chi connectivity index (χ4n) is 3.13. The molecule has 1 heterocycles. The SMILES string of the molecule is OC(CNC1CCCCCCC1)COCC1CCCO1. The van der Waals surface area contributed by atoms with Gasteiger partial charge in [0.25, 0.3) is 0 Å². The normalized spacial score (nSPS) is 27.1. The molecule has 0 aromatic heterocycles. The van der Waals surface area contributed by atoms with Crippen LogP contribution in [-0.4, -0.2) is 49.7 Å². The second kappa shape index (κ2) is 9.72. The van der Waals surface area contributed by atoms with Gasteiger partial charge in [0.15, 0.2) is 0 Å². The van der Waals surface area contributed by atoms with Crippen molar-refractivity contribution in [3.8, 4) is 0 Å². The first-order chi connectivity index (χ1) is 9.84. The summed E-state index contributed by atoms with van der Waals surface area (Å²) in [6.45, 7) is 2.55. The molecule has 20 heavy (non-hydrogen) atoms. The van der Waals surface area contributed by atoms with Crippen molar-refractivity contribution in [2.24, 2.45) is 0 Å². The third-order valence-corrected chi connectivity index (χ3v) is 4.39. The van der Waals surface area contributed by atoms with Crippen LogP contribution >= 0.6 is 0 Å². The topological polar surface area (TPSA) is 50.7 Å². The zero-order valence-electron chi connectivity index (χ0n) is 12.7. The van der Waals surface area contributed by atoms with Crippen LogP contribution in [0.25, 0.3) is 0 Å². The fraction of sp³-hybridized carbons (Fsp3) is 1.00. The highest BCUT2D eigenvalue weighted by Gasteiger charge is 2.17. The zero-order valence-corrected chi connectivity index (χ0v) is 12.7. The van der Waals surface area contributed by atoms with Crippen LogP contribution in [0.2, 0.25) is 0 Å². The van der Waals surface area contributed by atoms with Gasteiger partial charge < -0.3 is 19.9 Å². The Bertz CT molecular complexity index is 236. The first kappa shape index (κ1) is 16.2. The Morgan fingerprint density at radius 2 is 1.80 bits per heavy atom. The summed E-state index contributed by atoms with van der Waals surface area (Å²) in [4.78, 5) is 0. The first-order valence-corrected chi connectivity index (χ1v) is 8.45. The quantitative estimate of drug-likeness (QED) is 0.753. The number of nitrogens with one attached hydrogen (secondary N) is 1. The van der Waals surface area contributed by atoms with Crippen molar-refractivity contribution in [1.29, 1.82) is 0 Å². The van der Waals surface area contributed by atoms with Gasteiger partial charge in [0.2, 0.25) is 0 Å². The van der Waals surface area contributed by atoms with E-state index in [1.807, 2.05) is 0 Å². The molecule has 118 valence electrons. The van der Waals surface area contributed by atoms with Crippen molar-refractivity contribution in [3.63, 3.8) is 0 Å². The van der Waals surface area contributed by atoms with Gasteiger partial charge in [-0.3, -0.25) is 0 Å². The average Bonchev–Trinajstić information content (AvgIpc) is 2.90. The largest absolute Gasteiger partial charge is 0.389 e. The summed E-state index contributed by atoms with van der Waals surface area (Å²) in [5.74, 6) is 0. The summed E-state index contributed by atoms with van der Waals surface area (Å²) in [6.07, 6.45) is 11.4. The maximum absolute atomic E-state index is 9.95. The van der Waals surface area contributed by atoms with Crippen LogP contribution in [0.1, 0.15) is 57.8 Å². The van der Waals surface area contributed by atoms with E-state index in [4.69, 9.17) is 9.47 Å². The Morgan fingerprint density at radius 3 is 2.50 bits per heavy atom. The van der Waals surface area contributed by atoms with Gasteiger partial charge in [0.1, 0.15) is 0 Å². The van der Waals surface area contributed by atoms with E-state index in [9.17, 15) is 5.11 Å². The van der Waals surface area contributed by atoms with Gasteiger partial charge in [-0.2, -0.15) is 0 Å². The lowest BCUT2D eigenvalue weighted by Gasteiger charge is -2.23. The van der Waals surface area contributed by atoms with E-state index in [0.29, 0.717) is 25.8 Å². The lowest BCUT2D eigenvalue weighted by Crippen LogP contribution is -2.38. The molecule has 0 bridgehead atoms. The molecule has 0 amide bonds. The van der Waals surface area contributed by atoms with Gasteiger partial charge in [-0.25, -0.2) is 0 Å². The lowest BCUT2D eigenvalue weighted by molar-refractivity contribution is -0.0170. The van der Waals surface area contributed by atoms with E-state index in [0.717, 1.165) is 19.4 Å². The Morgan fingerprint density at radius 1 is 1.05 bits per heavy atom. The molecule has 2 aliphatic rings. The number of rotatable bonds is 7. The average molecular weight is 285 g/mol. The summed E-state index contributed by atoms with van der Waals surface area (Å²) in [6, 6.07) is 0.586. The molecule has 0 spiro atoms. The van der Waals surface area contributed by atoms with Gasteiger partial charge in [-0.15, -0.1) is 0 Å². The van der Waals surface area contributed by atoms with Crippen molar-refractivity contribution < 1.29 is 14.6 Å². The third-order valence-electron chi connectivity index (χ3n) is 4.39. The highest BCUT2D eigenvalue weighted by molar-refractivity contribution is 4.72. The molecule has 2 unspecified atom stereocenters. The van der Waals surface area contributed by atoms with Crippen molar-refractivity contribution in [2.45, 2.75) is 76.0 Å². The summed E-state index contributed by atoms with van der Waals surface area (Å²) < 4.78 is 11.0. The van der Waals surface area contributed by atoms with Crippen molar-refractivity contribution in [2.75, 3.05) is 26.4 Å².